The molecule has 2 aromatic carbocycles. The Morgan fingerprint density at radius 2 is 1.89 bits per heavy atom. The van der Waals surface area contributed by atoms with E-state index in [9.17, 15) is 4.39 Å². The fourth-order valence-corrected chi connectivity index (χ4v) is 2.63. The molecule has 0 N–H and O–H groups in total. The van der Waals surface area contributed by atoms with Crippen molar-refractivity contribution in [1.82, 2.24) is 4.57 Å². The first-order valence-electron chi connectivity index (χ1n) is 5.82. The Hall–Kier alpha value is -1.51. The highest BCUT2D eigenvalue weighted by Crippen LogP contribution is 2.24. The third-order valence-corrected chi connectivity index (χ3v) is 3.70. The predicted octanol–water partition coefficient (Wildman–Crippen LogP) is 5.14. The second-order valence-electron chi connectivity index (χ2n) is 4.35. The lowest BCUT2D eigenvalue weighted by molar-refractivity contribution is 0.639. The average molecular weight is 294 g/mol. The van der Waals surface area contributed by atoms with E-state index < -0.39 is 0 Å². The number of benzene rings is 2. The minimum atomic E-state index is -0.210. The fraction of sp³-hybridized carbons (Fsp3) is 0.0667. The molecule has 0 aliphatic rings. The number of hydrogen-bond acceptors (Lipinski definition) is 0. The van der Waals surface area contributed by atoms with Crippen LogP contribution in [0.2, 0.25) is 10.0 Å². The van der Waals surface area contributed by atoms with Gasteiger partial charge in [-0.25, -0.2) is 4.39 Å². The van der Waals surface area contributed by atoms with Crippen molar-refractivity contribution in [2.75, 3.05) is 0 Å². The normalized spacial score (nSPS) is 11.1. The van der Waals surface area contributed by atoms with E-state index in [4.69, 9.17) is 23.2 Å². The highest BCUT2D eigenvalue weighted by atomic mass is 35.5. The van der Waals surface area contributed by atoms with Gasteiger partial charge >= 0.3 is 0 Å². The Bertz CT molecular complexity index is 749. The molecule has 0 spiro atoms. The van der Waals surface area contributed by atoms with E-state index in [1.54, 1.807) is 24.3 Å². The summed E-state index contributed by atoms with van der Waals surface area (Å²) >= 11 is 12.0. The summed E-state index contributed by atoms with van der Waals surface area (Å²) in [5.74, 6) is -0.210. The molecular weight excluding hydrogens is 284 g/mol. The van der Waals surface area contributed by atoms with Gasteiger partial charge in [0.25, 0.3) is 0 Å². The van der Waals surface area contributed by atoms with E-state index in [0.29, 0.717) is 22.0 Å². The SMILES string of the molecule is Fc1cccc2c1ccn2Cc1ccc(Cl)cc1Cl. The smallest absolute Gasteiger partial charge is 0.132 e. The van der Waals surface area contributed by atoms with Crippen molar-refractivity contribution >= 4 is 34.1 Å². The summed E-state index contributed by atoms with van der Waals surface area (Å²) in [6, 6.07) is 12.2. The van der Waals surface area contributed by atoms with Crippen LogP contribution in [-0.2, 0) is 6.54 Å². The van der Waals surface area contributed by atoms with Gasteiger partial charge in [-0.15, -0.1) is 0 Å². The van der Waals surface area contributed by atoms with Gasteiger partial charge in [-0.05, 0) is 35.9 Å². The van der Waals surface area contributed by atoms with Crippen LogP contribution in [0.15, 0.2) is 48.7 Å². The first-order valence-corrected chi connectivity index (χ1v) is 6.58. The highest BCUT2D eigenvalue weighted by molar-refractivity contribution is 6.35. The average Bonchev–Trinajstić information content (AvgIpc) is 2.78. The minimum absolute atomic E-state index is 0.210. The lowest BCUT2D eigenvalue weighted by atomic mass is 10.2. The molecule has 0 saturated carbocycles. The van der Waals surface area contributed by atoms with Crippen LogP contribution in [0, 0.1) is 5.82 Å². The van der Waals surface area contributed by atoms with E-state index in [-0.39, 0.29) is 5.82 Å². The molecule has 0 aliphatic heterocycles. The predicted molar refractivity (Wildman–Crippen MR) is 77.5 cm³/mol. The third-order valence-electron chi connectivity index (χ3n) is 3.12. The van der Waals surface area contributed by atoms with Crippen LogP contribution in [-0.4, -0.2) is 4.57 Å². The van der Waals surface area contributed by atoms with Crippen molar-refractivity contribution in [1.29, 1.82) is 0 Å². The quantitative estimate of drug-likeness (QED) is 0.617. The topological polar surface area (TPSA) is 4.93 Å². The molecule has 0 unspecified atom stereocenters. The molecule has 3 aromatic rings. The second kappa shape index (κ2) is 4.87. The Labute approximate surface area is 120 Å². The van der Waals surface area contributed by atoms with Crippen LogP contribution in [0.25, 0.3) is 10.9 Å². The van der Waals surface area contributed by atoms with Gasteiger partial charge in [0.2, 0.25) is 0 Å². The number of nitrogens with zero attached hydrogens (tertiary/aromatic N) is 1. The molecule has 3 rings (SSSR count). The molecule has 1 heterocycles. The Balaban J connectivity index is 2.04. The summed E-state index contributed by atoms with van der Waals surface area (Å²) in [6.45, 7) is 0.586. The van der Waals surface area contributed by atoms with Crippen molar-refractivity contribution in [3.05, 3.63) is 70.1 Å². The Kier molecular flexibility index (Phi) is 3.21. The number of fused-ring (bicyclic) bond motifs is 1. The van der Waals surface area contributed by atoms with Crippen LogP contribution >= 0.6 is 23.2 Å². The second-order valence-corrected chi connectivity index (χ2v) is 5.20. The molecule has 4 heteroatoms. The molecule has 0 aliphatic carbocycles. The van der Waals surface area contributed by atoms with Crippen LogP contribution in [0.5, 0.6) is 0 Å². The molecule has 1 aromatic heterocycles. The minimum Gasteiger partial charge on any atom is -0.343 e. The van der Waals surface area contributed by atoms with Gasteiger partial charge in [0, 0.05) is 28.2 Å². The molecule has 0 fully saturated rings. The molecular formula is C15H10Cl2FN. The Morgan fingerprint density at radius 3 is 2.68 bits per heavy atom. The van der Waals surface area contributed by atoms with E-state index in [0.717, 1.165) is 11.1 Å². The van der Waals surface area contributed by atoms with E-state index in [1.165, 1.54) is 6.07 Å². The summed E-state index contributed by atoms with van der Waals surface area (Å²) in [5.41, 5.74) is 1.80. The zero-order chi connectivity index (χ0) is 13.4. The largest absolute Gasteiger partial charge is 0.343 e. The molecule has 0 bridgehead atoms. The first kappa shape index (κ1) is 12.5. The summed E-state index contributed by atoms with van der Waals surface area (Å²) in [6.07, 6.45) is 1.86. The summed E-state index contributed by atoms with van der Waals surface area (Å²) in [7, 11) is 0. The standard InChI is InChI=1S/C15H10Cl2FN/c16-11-5-4-10(13(17)8-11)9-19-7-6-12-14(18)2-1-3-15(12)19/h1-8H,9H2. The zero-order valence-electron chi connectivity index (χ0n) is 9.91. The van der Waals surface area contributed by atoms with Crippen LogP contribution in [0.3, 0.4) is 0 Å². The lowest BCUT2D eigenvalue weighted by Crippen LogP contribution is -1.98. The van der Waals surface area contributed by atoms with Crippen LogP contribution < -0.4 is 0 Å². The maximum Gasteiger partial charge on any atom is 0.132 e. The summed E-state index contributed by atoms with van der Waals surface area (Å²) in [5, 5.41) is 1.84. The van der Waals surface area contributed by atoms with Crippen molar-refractivity contribution in [3.63, 3.8) is 0 Å². The van der Waals surface area contributed by atoms with Gasteiger partial charge < -0.3 is 4.57 Å². The molecule has 1 nitrogen and oxygen atoms in total. The molecule has 0 amide bonds. The number of aromatic nitrogens is 1. The molecule has 19 heavy (non-hydrogen) atoms. The fourth-order valence-electron chi connectivity index (χ4n) is 2.16. The highest BCUT2D eigenvalue weighted by Gasteiger charge is 2.07. The van der Waals surface area contributed by atoms with Gasteiger partial charge in [-0.2, -0.15) is 0 Å². The molecule has 0 saturated heterocycles. The van der Waals surface area contributed by atoms with Gasteiger partial charge in [-0.3, -0.25) is 0 Å². The van der Waals surface area contributed by atoms with E-state index in [1.807, 2.05) is 22.9 Å². The van der Waals surface area contributed by atoms with Crippen LogP contribution in [0.1, 0.15) is 5.56 Å². The number of rotatable bonds is 2. The molecule has 0 radical (unpaired) electrons. The van der Waals surface area contributed by atoms with Gasteiger partial charge in [0.15, 0.2) is 0 Å². The number of hydrogen-bond donors (Lipinski definition) is 0. The van der Waals surface area contributed by atoms with Crippen molar-refractivity contribution in [2.45, 2.75) is 6.54 Å². The molecule has 96 valence electrons. The van der Waals surface area contributed by atoms with Gasteiger partial charge in [0.1, 0.15) is 5.82 Å². The maximum absolute atomic E-state index is 13.6. The molecule has 0 atom stereocenters. The van der Waals surface area contributed by atoms with Gasteiger partial charge in [0.05, 0.1) is 5.52 Å². The first-order chi connectivity index (χ1) is 9.15. The van der Waals surface area contributed by atoms with Crippen LogP contribution in [0.4, 0.5) is 4.39 Å². The third kappa shape index (κ3) is 2.34. The van der Waals surface area contributed by atoms with Crippen molar-refractivity contribution < 1.29 is 4.39 Å². The monoisotopic (exact) mass is 293 g/mol. The summed E-state index contributed by atoms with van der Waals surface area (Å²) in [4.78, 5) is 0. The van der Waals surface area contributed by atoms with Crippen molar-refractivity contribution in [2.24, 2.45) is 0 Å². The van der Waals surface area contributed by atoms with E-state index in [2.05, 4.69) is 0 Å². The van der Waals surface area contributed by atoms with Gasteiger partial charge in [-0.1, -0.05) is 35.3 Å². The summed E-state index contributed by atoms with van der Waals surface area (Å²) < 4.78 is 15.6. The van der Waals surface area contributed by atoms with Crippen molar-refractivity contribution in [3.8, 4) is 0 Å². The maximum atomic E-state index is 13.6. The number of halogens is 3. The van der Waals surface area contributed by atoms with E-state index >= 15 is 0 Å². The lowest BCUT2D eigenvalue weighted by Gasteiger charge is -2.08. The zero-order valence-corrected chi connectivity index (χ0v) is 11.4. The Morgan fingerprint density at radius 1 is 1.05 bits per heavy atom.